The summed E-state index contributed by atoms with van der Waals surface area (Å²) in [4.78, 5) is 24.9. The Bertz CT molecular complexity index is 623. The first-order valence-electron chi connectivity index (χ1n) is 8.28. The number of pyridine rings is 1. The van der Waals surface area contributed by atoms with E-state index in [1.807, 2.05) is 23.2 Å². The van der Waals surface area contributed by atoms with Gasteiger partial charge in [0, 0.05) is 38.6 Å². The van der Waals surface area contributed by atoms with Gasteiger partial charge in [0.2, 0.25) is 0 Å². The number of nitrogens with zero attached hydrogens (tertiary/aromatic N) is 5. The number of rotatable bonds is 5. The summed E-state index contributed by atoms with van der Waals surface area (Å²) < 4.78 is 0. The van der Waals surface area contributed by atoms with Crippen LogP contribution in [0.2, 0.25) is 0 Å². The van der Waals surface area contributed by atoms with E-state index >= 15 is 0 Å². The van der Waals surface area contributed by atoms with Crippen LogP contribution >= 0.6 is 0 Å². The molecule has 1 aliphatic rings. The highest BCUT2D eigenvalue weighted by Crippen LogP contribution is 2.16. The predicted molar refractivity (Wildman–Crippen MR) is 89.0 cm³/mol. The lowest BCUT2D eigenvalue weighted by molar-refractivity contribution is 0.131. The van der Waals surface area contributed by atoms with Gasteiger partial charge in [-0.2, -0.15) is 5.10 Å². The summed E-state index contributed by atoms with van der Waals surface area (Å²) in [6.07, 6.45) is 5.90. The van der Waals surface area contributed by atoms with Crippen LogP contribution in [0.15, 0.2) is 30.9 Å². The standard InChI is InChI=1S/C16H23N7O/c1-2-14(13-4-3-5-17-10-13)20-16(24)23-8-6-22(7-9-23)11-15-18-12-19-21-15/h3-5,10,12,14H,2,6-9,11H2,1H3,(H,20,24)(H,18,19,21). The Morgan fingerprint density at radius 1 is 1.38 bits per heavy atom. The maximum atomic E-state index is 12.5. The van der Waals surface area contributed by atoms with Gasteiger partial charge in [-0.25, -0.2) is 9.78 Å². The number of aromatic amines is 1. The topological polar surface area (TPSA) is 90.0 Å². The molecule has 2 amide bonds. The third-order valence-corrected chi connectivity index (χ3v) is 4.29. The highest BCUT2D eigenvalue weighted by molar-refractivity contribution is 5.74. The van der Waals surface area contributed by atoms with Gasteiger partial charge in [0.1, 0.15) is 12.2 Å². The first kappa shape index (κ1) is 16.4. The fourth-order valence-corrected chi connectivity index (χ4v) is 2.87. The molecule has 0 radical (unpaired) electrons. The average Bonchev–Trinajstić information content (AvgIpc) is 3.14. The molecule has 2 N–H and O–H groups in total. The molecule has 1 aliphatic heterocycles. The molecular formula is C16H23N7O. The van der Waals surface area contributed by atoms with E-state index in [0.29, 0.717) is 13.1 Å². The van der Waals surface area contributed by atoms with Crippen LogP contribution in [0.3, 0.4) is 0 Å². The van der Waals surface area contributed by atoms with Gasteiger partial charge in [0.25, 0.3) is 0 Å². The van der Waals surface area contributed by atoms with Crippen molar-refractivity contribution < 1.29 is 4.79 Å². The summed E-state index contributed by atoms with van der Waals surface area (Å²) in [7, 11) is 0. The number of amides is 2. The molecule has 2 aromatic heterocycles. The van der Waals surface area contributed by atoms with Gasteiger partial charge in [0.15, 0.2) is 0 Å². The SMILES string of the molecule is CCC(NC(=O)N1CCN(Cc2ncn[nH]2)CC1)c1cccnc1. The van der Waals surface area contributed by atoms with Crippen LogP contribution < -0.4 is 5.32 Å². The molecule has 0 spiro atoms. The second-order valence-electron chi connectivity index (χ2n) is 5.89. The third-order valence-electron chi connectivity index (χ3n) is 4.29. The van der Waals surface area contributed by atoms with Gasteiger partial charge in [-0.3, -0.25) is 15.0 Å². The van der Waals surface area contributed by atoms with Crippen molar-refractivity contribution in [3.63, 3.8) is 0 Å². The van der Waals surface area contributed by atoms with Crippen LogP contribution in [0.25, 0.3) is 0 Å². The minimum atomic E-state index is -0.00924. The maximum Gasteiger partial charge on any atom is 0.317 e. The van der Waals surface area contributed by atoms with Crippen LogP contribution in [0, 0.1) is 0 Å². The molecule has 8 nitrogen and oxygen atoms in total. The van der Waals surface area contributed by atoms with E-state index in [1.54, 1.807) is 6.20 Å². The lowest BCUT2D eigenvalue weighted by Gasteiger charge is -2.35. The zero-order valence-electron chi connectivity index (χ0n) is 13.9. The van der Waals surface area contributed by atoms with Crippen LogP contribution in [-0.4, -0.2) is 62.2 Å². The van der Waals surface area contributed by atoms with Gasteiger partial charge in [-0.05, 0) is 18.1 Å². The van der Waals surface area contributed by atoms with Gasteiger partial charge < -0.3 is 10.2 Å². The number of hydrogen-bond donors (Lipinski definition) is 2. The first-order valence-corrected chi connectivity index (χ1v) is 8.28. The largest absolute Gasteiger partial charge is 0.331 e. The van der Waals surface area contributed by atoms with E-state index in [0.717, 1.165) is 37.4 Å². The fraction of sp³-hybridized carbons (Fsp3) is 0.500. The Hall–Kier alpha value is -2.48. The first-order chi connectivity index (χ1) is 11.8. The minimum absolute atomic E-state index is 0.00146. The van der Waals surface area contributed by atoms with E-state index in [2.05, 4.69) is 37.3 Å². The number of hydrogen-bond acceptors (Lipinski definition) is 5. The highest BCUT2D eigenvalue weighted by atomic mass is 16.2. The fourth-order valence-electron chi connectivity index (χ4n) is 2.87. The summed E-state index contributed by atoms with van der Waals surface area (Å²) >= 11 is 0. The number of aromatic nitrogens is 4. The van der Waals surface area contributed by atoms with E-state index in [9.17, 15) is 4.79 Å². The Labute approximate surface area is 141 Å². The van der Waals surface area contributed by atoms with Crippen LogP contribution in [0.5, 0.6) is 0 Å². The lowest BCUT2D eigenvalue weighted by Crippen LogP contribution is -2.52. The van der Waals surface area contributed by atoms with Crippen molar-refractivity contribution >= 4 is 6.03 Å². The van der Waals surface area contributed by atoms with Gasteiger partial charge in [-0.1, -0.05) is 13.0 Å². The van der Waals surface area contributed by atoms with Crippen molar-refractivity contribution in [3.05, 3.63) is 42.2 Å². The Morgan fingerprint density at radius 2 is 2.21 bits per heavy atom. The van der Waals surface area contributed by atoms with E-state index in [4.69, 9.17) is 0 Å². The normalized spacial score (nSPS) is 16.8. The number of nitrogens with one attached hydrogen (secondary N) is 2. The molecule has 1 saturated heterocycles. The van der Waals surface area contributed by atoms with Crippen molar-refractivity contribution in [1.29, 1.82) is 0 Å². The molecule has 0 bridgehead atoms. The lowest BCUT2D eigenvalue weighted by atomic mass is 10.1. The summed E-state index contributed by atoms with van der Waals surface area (Å²) in [5.74, 6) is 0.857. The Balaban J connectivity index is 1.49. The summed E-state index contributed by atoms with van der Waals surface area (Å²) in [5, 5.41) is 9.84. The molecule has 8 heteroatoms. The molecule has 1 atom stereocenters. The number of piperazine rings is 1. The van der Waals surface area contributed by atoms with Crippen LogP contribution in [-0.2, 0) is 6.54 Å². The zero-order chi connectivity index (χ0) is 16.8. The molecule has 24 heavy (non-hydrogen) atoms. The van der Waals surface area contributed by atoms with E-state index < -0.39 is 0 Å². The van der Waals surface area contributed by atoms with Crippen LogP contribution in [0.4, 0.5) is 4.79 Å². The summed E-state index contributed by atoms with van der Waals surface area (Å²) in [6, 6.07) is 3.88. The second kappa shape index (κ2) is 7.87. The smallest absolute Gasteiger partial charge is 0.317 e. The zero-order valence-corrected chi connectivity index (χ0v) is 13.9. The second-order valence-corrected chi connectivity index (χ2v) is 5.89. The molecule has 2 aromatic rings. The van der Waals surface area contributed by atoms with Crippen molar-refractivity contribution in [2.75, 3.05) is 26.2 Å². The molecule has 0 saturated carbocycles. The van der Waals surface area contributed by atoms with Crippen molar-refractivity contribution in [1.82, 2.24) is 35.3 Å². The van der Waals surface area contributed by atoms with Crippen molar-refractivity contribution in [3.8, 4) is 0 Å². The number of carbonyl (C=O) groups is 1. The van der Waals surface area contributed by atoms with E-state index in [-0.39, 0.29) is 12.1 Å². The number of H-pyrrole nitrogens is 1. The van der Waals surface area contributed by atoms with Crippen molar-refractivity contribution in [2.45, 2.75) is 25.9 Å². The maximum absolute atomic E-state index is 12.5. The van der Waals surface area contributed by atoms with Crippen LogP contribution in [0.1, 0.15) is 30.8 Å². The monoisotopic (exact) mass is 329 g/mol. The molecule has 1 unspecified atom stereocenters. The van der Waals surface area contributed by atoms with Crippen molar-refractivity contribution in [2.24, 2.45) is 0 Å². The molecular weight excluding hydrogens is 306 g/mol. The van der Waals surface area contributed by atoms with E-state index in [1.165, 1.54) is 6.33 Å². The summed E-state index contributed by atoms with van der Waals surface area (Å²) in [6.45, 7) is 5.89. The third kappa shape index (κ3) is 4.08. The number of carbonyl (C=O) groups excluding carboxylic acids is 1. The molecule has 3 rings (SSSR count). The summed E-state index contributed by atoms with van der Waals surface area (Å²) in [5.41, 5.74) is 1.04. The molecule has 128 valence electrons. The predicted octanol–water partition coefficient (Wildman–Crippen LogP) is 1.18. The highest BCUT2D eigenvalue weighted by Gasteiger charge is 2.23. The minimum Gasteiger partial charge on any atom is -0.331 e. The quantitative estimate of drug-likeness (QED) is 0.860. The number of urea groups is 1. The van der Waals surface area contributed by atoms with Gasteiger partial charge in [-0.15, -0.1) is 0 Å². The molecule has 1 fully saturated rings. The Kier molecular flexibility index (Phi) is 5.37. The molecule has 0 aromatic carbocycles. The molecule has 0 aliphatic carbocycles. The van der Waals surface area contributed by atoms with Gasteiger partial charge in [0.05, 0.1) is 12.6 Å². The van der Waals surface area contributed by atoms with Gasteiger partial charge >= 0.3 is 6.03 Å². The Morgan fingerprint density at radius 3 is 2.83 bits per heavy atom. The molecule has 3 heterocycles. The average molecular weight is 329 g/mol.